The van der Waals surface area contributed by atoms with Crippen molar-refractivity contribution in [1.29, 1.82) is 0 Å². The van der Waals surface area contributed by atoms with Crippen LogP contribution < -0.4 is 0 Å². The third-order valence-corrected chi connectivity index (χ3v) is 5.37. The zero-order chi connectivity index (χ0) is 15.3. The maximum atomic E-state index is 13.1. The van der Waals surface area contributed by atoms with Crippen molar-refractivity contribution in [1.82, 2.24) is 0 Å². The Kier molecular flexibility index (Phi) is 3.92. The summed E-state index contributed by atoms with van der Waals surface area (Å²) in [5, 5.41) is 9.97. The molecule has 0 spiro atoms. The van der Waals surface area contributed by atoms with Crippen LogP contribution in [0.3, 0.4) is 0 Å². The van der Waals surface area contributed by atoms with Crippen molar-refractivity contribution in [2.75, 3.05) is 0 Å². The van der Waals surface area contributed by atoms with E-state index < -0.39 is 17.7 Å². The monoisotopic (exact) mass is 294 g/mol. The van der Waals surface area contributed by atoms with Gasteiger partial charge in [0.2, 0.25) is 0 Å². The van der Waals surface area contributed by atoms with Gasteiger partial charge in [-0.25, -0.2) is 0 Å². The highest BCUT2D eigenvalue weighted by Gasteiger charge is 2.62. The summed E-state index contributed by atoms with van der Waals surface area (Å²) in [7, 11) is 0. The lowest BCUT2D eigenvalue weighted by molar-refractivity contribution is -0.282. The number of halogens is 3. The molecule has 5 unspecified atom stereocenters. The van der Waals surface area contributed by atoms with Gasteiger partial charge in [0.15, 0.2) is 5.60 Å². The fourth-order valence-electron chi connectivity index (χ4n) is 3.77. The van der Waals surface area contributed by atoms with E-state index in [-0.39, 0.29) is 23.5 Å². The van der Waals surface area contributed by atoms with Gasteiger partial charge in [0.05, 0.1) is 11.7 Å². The highest BCUT2D eigenvalue weighted by molar-refractivity contribution is 5.05. The molecule has 2 fully saturated rings. The van der Waals surface area contributed by atoms with Crippen LogP contribution in [0.1, 0.15) is 53.4 Å². The van der Waals surface area contributed by atoms with Crippen LogP contribution in [-0.4, -0.2) is 28.6 Å². The summed E-state index contributed by atoms with van der Waals surface area (Å²) in [6.45, 7) is 6.86. The predicted molar refractivity (Wildman–Crippen MR) is 70.2 cm³/mol. The second-order valence-electron chi connectivity index (χ2n) is 7.26. The summed E-state index contributed by atoms with van der Waals surface area (Å²) >= 11 is 0. The highest BCUT2D eigenvalue weighted by Crippen LogP contribution is 2.56. The van der Waals surface area contributed by atoms with E-state index in [1.165, 1.54) is 0 Å². The predicted octanol–water partition coefficient (Wildman–Crippen LogP) is 3.92. The number of alkyl halides is 3. The van der Waals surface area contributed by atoms with E-state index in [1.54, 1.807) is 0 Å². The molecule has 118 valence electrons. The van der Waals surface area contributed by atoms with Crippen LogP contribution in [0, 0.1) is 17.8 Å². The van der Waals surface area contributed by atoms with Gasteiger partial charge in [-0.2, -0.15) is 13.2 Å². The van der Waals surface area contributed by atoms with Crippen LogP contribution in [0.15, 0.2) is 0 Å². The van der Waals surface area contributed by atoms with Crippen molar-refractivity contribution < 1.29 is 23.0 Å². The molecule has 0 heterocycles. The topological polar surface area (TPSA) is 29.5 Å². The Hall–Kier alpha value is -0.290. The summed E-state index contributed by atoms with van der Waals surface area (Å²) in [6, 6.07) is 0. The molecular weight excluding hydrogens is 269 g/mol. The van der Waals surface area contributed by atoms with Gasteiger partial charge in [-0.1, -0.05) is 6.92 Å². The normalized spacial score (nSPS) is 37.2. The van der Waals surface area contributed by atoms with Gasteiger partial charge < -0.3 is 9.84 Å². The Labute approximate surface area is 118 Å². The molecule has 0 aromatic heterocycles. The molecule has 0 radical (unpaired) electrons. The third-order valence-electron chi connectivity index (χ3n) is 5.37. The number of ether oxygens (including phenoxy) is 1. The Balaban J connectivity index is 2.13. The summed E-state index contributed by atoms with van der Waals surface area (Å²) in [5.74, 6) is -0.655. The fraction of sp³-hybridized carbons (Fsp3) is 1.00. The van der Waals surface area contributed by atoms with E-state index in [1.807, 2.05) is 20.8 Å². The first kappa shape index (κ1) is 16.1. The highest BCUT2D eigenvalue weighted by atomic mass is 19.4. The summed E-state index contributed by atoms with van der Waals surface area (Å²) in [5.41, 5.74) is -2.92. The standard InChI is InChI=1S/C15H25F3O2/c1-5-13(2,3)20-12-8-9-6-10(12)11(7-9)14(4,19)15(16,17)18/h9-12,19H,5-8H2,1-4H3. The molecule has 2 bridgehead atoms. The molecule has 0 aliphatic heterocycles. The van der Waals surface area contributed by atoms with E-state index >= 15 is 0 Å². The molecule has 2 rings (SSSR count). The second-order valence-corrected chi connectivity index (χ2v) is 7.26. The van der Waals surface area contributed by atoms with E-state index in [0.717, 1.165) is 26.2 Å². The number of aliphatic hydroxyl groups is 1. The lowest BCUT2D eigenvalue weighted by Gasteiger charge is -2.42. The lowest BCUT2D eigenvalue weighted by Crippen LogP contribution is -2.53. The average molecular weight is 294 g/mol. The minimum absolute atomic E-state index is 0.150. The van der Waals surface area contributed by atoms with Gasteiger partial charge in [0.1, 0.15) is 0 Å². The van der Waals surface area contributed by atoms with Crippen molar-refractivity contribution >= 4 is 0 Å². The third kappa shape index (κ3) is 2.71. The molecule has 0 aromatic rings. The second kappa shape index (κ2) is 4.87. The van der Waals surface area contributed by atoms with Crippen molar-refractivity contribution in [3.63, 3.8) is 0 Å². The fourth-order valence-corrected chi connectivity index (χ4v) is 3.77. The van der Waals surface area contributed by atoms with Crippen LogP contribution in [0.4, 0.5) is 13.2 Å². The smallest absolute Gasteiger partial charge is 0.380 e. The molecule has 2 saturated carbocycles. The van der Waals surface area contributed by atoms with Gasteiger partial charge in [-0.15, -0.1) is 0 Å². The zero-order valence-electron chi connectivity index (χ0n) is 12.6. The number of rotatable bonds is 4. The quantitative estimate of drug-likeness (QED) is 0.851. The van der Waals surface area contributed by atoms with Crippen LogP contribution in [0.5, 0.6) is 0 Å². The molecule has 1 N–H and O–H groups in total. The van der Waals surface area contributed by atoms with Crippen molar-refractivity contribution in [3.8, 4) is 0 Å². The first-order valence-electron chi connectivity index (χ1n) is 7.45. The number of hydrogen-bond acceptors (Lipinski definition) is 2. The maximum Gasteiger partial charge on any atom is 0.417 e. The molecule has 20 heavy (non-hydrogen) atoms. The SMILES string of the molecule is CCC(C)(C)OC1CC2CC1C(C(C)(O)C(F)(F)F)C2. The summed E-state index contributed by atoms with van der Waals surface area (Å²) < 4.78 is 45.2. The van der Waals surface area contributed by atoms with Crippen molar-refractivity contribution in [2.24, 2.45) is 17.8 Å². The van der Waals surface area contributed by atoms with E-state index in [2.05, 4.69) is 0 Å². The molecule has 2 nitrogen and oxygen atoms in total. The van der Waals surface area contributed by atoms with E-state index in [4.69, 9.17) is 4.74 Å². The Morgan fingerprint density at radius 1 is 1.10 bits per heavy atom. The Morgan fingerprint density at radius 3 is 2.15 bits per heavy atom. The molecule has 2 aliphatic rings. The Bertz CT molecular complexity index is 363. The lowest BCUT2D eigenvalue weighted by atomic mass is 9.75. The average Bonchev–Trinajstić information content (AvgIpc) is 2.86. The molecule has 0 saturated heterocycles. The molecular formula is C15H25F3O2. The van der Waals surface area contributed by atoms with Crippen LogP contribution >= 0.6 is 0 Å². The van der Waals surface area contributed by atoms with Crippen LogP contribution in [0.25, 0.3) is 0 Å². The van der Waals surface area contributed by atoms with Gasteiger partial charge in [0.25, 0.3) is 0 Å². The first-order chi connectivity index (χ1) is 8.98. The molecule has 0 amide bonds. The maximum absolute atomic E-state index is 13.1. The van der Waals surface area contributed by atoms with Gasteiger partial charge in [-0.3, -0.25) is 0 Å². The van der Waals surface area contributed by atoms with Gasteiger partial charge >= 0.3 is 6.18 Å². The van der Waals surface area contributed by atoms with Gasteiger partial charge in [0, 0.05) is 5.92 Å². The molecule has 2 aliphatic carbocycles. The molecule has 5 heteroatoms. The van der Waals surface area contributed by atoms with Crippen molar-refractivity contribution in [3.05, 3.63) is 0 Å². The minimum Gasteiger partial charge on any atom is -0.380 e. The van der Waals surface area contributed by atoms with Gasteiger partial charge in [-0.05, 0) is 58.3 Å². The first-order valence-corrected chi connectivity index (χ1v) is 7.45. The number of fused-ring (bicyclic) bond motifs is 2. The minimum atomic E-state index is -4.58. The van der Waals surface area contributed by atoms with E-state index in [0.29, 0.717) is 6.42 Å². The van der Waals surface area contributed by atoms with Crippen LogP contribution in [0.2, 0.25) is 0 Å². The number of hydrogen-bond donors (Lipinski definition) is 1. The zero-order valence-corrected chi connectivity index (χ0v) is 12.6. The van der Waals surface area contributed by atoms with E-state index in [9.17, 15) is 18.3 Å². The summed E-state index contributed by atoms with van der Waals surface area (Å²) in [4.78, 5) is 0. The van der Waals surface area contributed by atoms with Crippen molar-refractivity contribution in [2.45, 2.75) is 76.9 Å². The Morgan fingerprint density at radius 2 is 1.70 bits per heavy atom. The largest absolute Gasteiger partial charge is 0.417 e. The molecule has 0 aromatic carbocycles. The summed E-state index contributed by atoms with van der Waals surface area (Å²) in [6.07, 6.45) is -1.86. The molecule has 5 atom stereocenters. The van der Waals surface area contributed by atoms with Crippen LogP contribution in [-0.2, 0) is 4.74 Å².